The summed E-state index contributed by atoms with van der Waals surface area (Å²) in [6.45, 7) is 4.42. The SMILES string of the molecule is CCC(N)(CC)CN1C(=O)C2CCCCC2C1=O. The van der Waals surface area contributed by atoms with Gasteiger partial charge in [0.2, 0.25) is 11.8 Å². The molecule has 2 amide bonds. The number of imide groups is 1. The number of nitrogens with two attached hydrogens (primary N) is 1. The van der Waals surface area contributed by atoms with Gasteiger partial charge in [-0.05, 0) is 25.7 Å². The van der Waals surface area contributed by atoms with Crippen LogP contribution in [0.2, 0.25) is 0 Å². The van der Waals surface area contributed by atoms with Gasteiger partial charge in [0.15, 0.2) is 0 Å². The van der Waals surface area contributed by atoms with Crippen molar-refractivity contribution in [2.24, 2.45) is 17.6 Å². The molecule has 1 heterocycles. The fourth-order valence-corrected chi connectivity index (χ4v) is 3.18. The summed E-state index contributed by atoms with van der Waals surface area (Å²) < 4.78 is 0. The molecular weight excluding hydrogens is 228 g/mol. The largest absolute Gasteiger partial charge is 0.324 e. The number of carbonyl (C=O) groups is 2. The summed E-state index contributed by atoms with van der Waals surface area (Å²) in [4.78, 5) is 26.1. The quantitative estimate of drug-likeness (QED) is 0.774. The van der Waals surface area contributed by atoms with Crippen LogP contribution in [0.1, 0.15) is 52.4 Å². The third-order valence-corrected chi connectivity index (χ3v) is 4.81. The third-order valence-electron chi connectivity index (χ3n) is 4.81. The zero-order valence-corrected chi connectivity index (χ0v) is 11.4. The van der Waals surface area contributed by atoms with Gasteiger partial charge in [-0.15, -0.1) is 0 Å². The molecule has 2 fully saturated rings. The summed E-state index contributed by atoms with van der Waals surface area (Å²) in [5.74, 6) is -0.0451. The average Bonchev–Trinajstić information content (AvgIpc) is 2.64. The summed E-state index contributed by atoms with van der Waals surface area (Å²) in [7, 11) is 0. The van der Waals surface area contributed by atoms with E-state index in [9.17, 15) is 9.59 Å². The minimum absolute atomic E-state index is 0.0291. The summed E-state index contributed by atoms with van der Waals surface area (Å²) in [5, 5.41) is 0. The Morgan fingerprint density at radius 1 is 1.11 bits per heavy atom. The first-order chi connectivity index (χ1) is 8.52. The lowest BCUT2D eigenvalue weighted by molar-refractivity contribution is -0.141. The van der Waals surface area contributed by atoms with Gasteiger partial charge in [0.1, 0.15) is 0 Å². The van der Waals surface area contributed by atoms with Crippen molar-refractivity contribution in [2.45, 2.75) is 57.9 Å². The standard InChI is InChI=1S/C14H24N2O2/c1-3-14(15,4-2)9-16-12(17)10-7-5-6-8-11(10)13(16)18/h10-11H,3-9,15H2,1-2H3. The molecule has 0 bridgehead atoms. The maximum Gasteiger partial charge on any atom is 0.233 e. The minimum atomic E-state index is -0.418. The predicted molar refractivity (Wildman–Crippen MR) is 69.7 cm³/mol. The van der Waals surface area contributed by atoms with Gasteiger partial charge in [0.05, 0.1) is 11.8 Å². The van der Waals surface area contributed by atoms with E-state index in [1.165, 1.54) is 4.90 Å². The highest BCUT2D eigenvalue weighted by molar-refractivity contribution is 6.05. The van der Waals surface area contributed by atoms with Crippen molar-refractivity contribution in [3.63, 3.8) is 0 Å². The van der Waals surface area contributed by atoms with Gasteiger partial charge in [-0.1, -0.05) is 26.7 Å². The van der Waals surface area contributed by atoms with Gasteiger partial charge in [-0.2, -0.15) is 0 Å². The van der Waals surface area contributed by atoms with Crippen LogP contribution >= 0.6 is 0 Å². The monoisotopic (exact) mass is 252 g/mol. The average molecular weight is 252 g/mol. The fraction of sp³-hybridized carbons (Fsp3) is 0.857. The number of fused-ring (bicyclic) bond motifs is 1. The number of amides is 2. The number of rotatable bonds is 4. The van der Waals surface area contributed by atoms with Crippen molar-refractivity contribution >= 4 is 11.8 Å². The van der Waals surface area contributed by atoms with E-state index in [0.29, 0.717) is 6.54 Å². The molecule has 2 aliphatic rings. The zero-order valence-electron chi connectivity index (χ0n) is 11.4. The van der Waals surface area contributed by atoms with Crippen LogP contribution in [0.25, 0.3) is 0 Å². The second-order valence-corrected chi connectivity index (χ2v) is 5.83. The Labute approximate surface area is 109 Å². The molecule has 1 aliphatic heterocycles. The fourth-order valence-electron chi connectivity index (χ4n) is 3.18. The normalized spacial score (nSPS) is 28.7. The molecule has 4 heteroatoms. The van der Waals surface area contributed by atoms with Crippen LogP contribution in [0.4, 0.5) is 0 Å². The van der Waals surface area contributed by atoms with Crippen LogP contribution < -0.4 is 5.73 Å². The van der Waals surface area contributed by atoms with Gasteiger partial charge < -0.3 is 5.73 Å². The second kappa shape index (κ2) is 5.00. The molecule has 0 aromatic rings. The molecule has 0 aromatic heterocycles. The van der Waals surface area contributed by atoms with Crippen molar-refractivity contribution in [1.29, 1.82) is 0 Å². The lowest BCUT2D eigenvalue weighted by Crippen LogP contribution is -2.51. The van der Waals surface area contributed by atoms with E-state index in [0.717, 1.165) is 38.5 Å². The molecule has 0 spiro atoms. The van der Waals surface area contributed by atoms with E-state index in [1.54, 1.807) is 0 Å². The highest BCUT2D eigenvalue weighted by Crippen LogP contribution is 2.38. The molecule has 2 N–H and O–H groups in total. The van der Waals surface area contributed by atoms with Crippen LogP contribution in [0.5, 0.6) is 0 Å². The summed E-state index contributed by atoms with van der Waals surface area (Å²) >= 11 is 0. The molecule has 2 atom stereocenters. The topological polar surface area (TPSA) is 63.4 Å². The Hall–Kier alpha value is -0.900. The van der Waals surface area contributed by atoms with Gasteiger partial charge in [-0.3, -0.25) is 14.5 Å². The number of hydrogen-bond donors (Lipinski definition) is 1. The Morgan fingerprint density at radius 3 is 1.94 bits per heavy atom. The molecule has 0 radical (unpaired) electrons. The molecule has 0 aromatic carbocycles. The second-order valence-electron chi connectivity index (χ2n) is 5.83. The first kappa shape index (κ1) is 13.5. The van der Waals surface area contributed by atoms with Crippen molar-refractivity contribution < 1.29 is 9.59 Å². The van der Waals surface area contributed by atoms with Crippen molar-refractivity contribution in [1.82, 2.24) is 4.90 Å². The zero-order chi connectivity index (χ0) is 13.3. The Morgan fingerprint density at radius 2 is 1.56 bits per heavy atom. The summed E-state index contributed by atoms with van der Waals surface area (Å²) in [6.07, 6.45) is 5.47. The Bertz CT molecular complexity index is 326. The van der Waals surface area contributed by atoms with Crippen molar-refractivity contribution in [3.05, 3.63) is 0 Å². The van der Waals surface area contributed by atoms with Crippen LogP contribution in [0.3, 0.4) is 0 Å². The van der Waals surface area contributed by atoms with Gasteiger partial charge >= 0.3 is 0 Å². The van der Waals surface area contributed by atoms with Crippen LogP contribution in [-0.2, 0) is 9.59 Å². The Kier molecular flexibility index (Phi) is 3.76. The van der Waals surface area contributed by atoms with E-state index < -0.39 is 5.54 Å². The van der Waals surface area contributed by atoms with E-state index in [4.69, 9.17) is 5.73 Å². The lowest BCUT2D eigenvalue weighted by Gasteiger charge is -2.31. The molecule has 1 saturated carbocycles. The number of likely N-dealkylation sites (tertiary alicyclic amines) is 1. The van der Waals surface area contributed by atoms with Gasteiger partial charge in [-0.25, -0.2) is 0 Å². The van der Waals surface area contributed by atoms with E-state index in [-0.39, 0.29) is 23.7 Å². The predicted octanol–water partition coefficient (Wildman–Crippen LogP) is 1.68. The van der Waals surface area contributed by atoms with E-state index >= 15 is 0 Å². The smallest absolute Gasteiger partial charge is 0.233 e. The number of carbonyl (C=O) groups excluding carboxylic acids is 2. The molecular formula is C14H24N2O2. The summed E-state index contributed by atoms with van der Waals surface area (Å²) in [6, 6.07) is 0. The molecule has 1 saturated heterocycles. The summed E-state index contributed by atoms with van der Waals surface area (Å²) in [5.41, 5.74) is 5.83. The highest BCUT2D eigenvalue weighted by atomic mass is 16.2. The molecule has 18 heavy (non-hydrogen) atoms. The first-order valence-electron chi connectivity index (χ1n) is 7.16. The lowest BCUT2D eigenvalue weighted by atomic mass is 9.81. The van der Waals surface area contributed by atoms with Crippen LogP contribution in [-0.4, -0.2) is 28.8 Å². The van der Waals surface area contributed by atoms with E-state index in [2.05, 4.69) is 0 Å². The first-order valence-corrected chi connectivity index (χ1v) is 7.16. The number of hydrogen-bond acceptors (Lipinski definition) is 3. The minimum Gasteiger partial charge on any atom is -0.324 e. The van der Waals surface area contributed by atoms with E-state index in [1.807, 2.05) is 13.8 Å². The third kappa shape index (κ3) is 2.18. The maximum atomic E-state index is 12.3. The molecule has 1 aliphatic carbocycles. The van der Waals surface area contributed by atoms with Gasteiger partial charge in [0, 0.05) is 12.1 Å². The van der Waals surface area contributed by atoms with Crippen LogP contribution in [0, 0.1) is 11.8 Å². The molecule has 2 unspecified atom stereocenters. The van der Waals surface area contributed by atoms with Gasteiger partial charge in [0.25, 0.3) is 0 Å². The number of nitrogens with zero attached hydrogens (tertiary/aromatic N) is 1. The Balaban J connectivity index is 2.14. The van der Waals surface area contributed by atoms with Crippen molar-refractivity contribution in [3.8, 4) is 0 Å². The van der Waals surface area contributed by atoms with Crippen molar-refractivity contribution in [2.75, 3.05) is 6.54 Å². The highest BCUT2D eigenvalue weighted by Gasteiger charge is 2.49. The molecule has 4 nitrogen and oxygen atoms in total. The maximum absolute atomic E-state index is 12.3. The molecule has 2 rings (SSSR count). The molecule has 102 valence electrons. The van der Waals surface area contributed by atoms with Crippen LogP contribution in [0.15, 0.2) is 0 Å².